The zero-order valence-corrected chi connectivity index (χ0v) is 14.4. The standard InChI is InChI=1S/C16H18BrClN2O/c1-11(2)7-19-8-12-3-4-14(6-16(12)18)21-15-5-13(17)9-20-10-15/h3-6,9-11,19H,7-8H2,1-2H3. The molecule has 0 spiro atoms. The van der Waals surface area contributed by atoms with Crippen molar-refractivity contribution in [3.8, 4) is 11.5 Å². The lowest BCUT2D eigenvalue weighted by Gasteiger charge is -2.11. The average Bonchev–Trinajstić information content (AvgIpc) is 2.41. The fraction of sp³-hybridized carbons (Fsp3) is 0.312. The van der Waals surface area contributed by atoms with E-state index in [9.17, 15) is 0 Å². The molecule has 112 valence electrons. The summed E-state index contributed by atoms with van der Waals surface area (Å²) in [7, 11) is 0. The fourth-order valence-corrected chi connectivity index (χ4v) is 2.40. The number of aromatic nitrogens is 1. The number of pyridine rings is 1. The molecule has 5 heteroatoms. The lowest BCUT2D eigenvalue weighted by atomic mass is 10.2. The van der Waals surface area contributed by atoms with Crippen LogP contribution in [0.2, 0.25) is 5.02 Å². The smallest absolute Gasteiger partial charge is 0.146 e. The Morgan fingerprint density at radius 1 is 1.24 bits per heavy atom. The maximum Gasteiger partial charge on any atom is 0.146 e. The number of hydrogen-bond acceptors (Lipinski definition) is 3. The van der Waals surface area contributed by atoms with E-state index in [-0.39, 0.29) is 0 Å². The average molecular weight is 370 g/mol. The van der Waals surface area contributed by atoms with Crippen molar-refractivity contribution in [3.05, 3.63) is 51.7 Å². The second-order valence-corrected chi connectivity index (χ2v) is 6.54. The molecule has 0 amide bonds. The fourth-order valence-electron chi connectivity index (χ4n) is 1.81. The van der Waals surface area contributed by atoms with Gasteiger partial charge in [-0.15, -0.1) is 0 Å². The number of hydrogen-bond donors (Lipinski definition) is 1. The van der Waals surface area contributed by atoms with E-state index >= 15 is 0 Å². The van der Waals surface area contributed by atoms with Crippen molar-refractivity contribution in [3.63, 3.8) is 0 Å². The first-order chi connectivity index (χ1) is 10.0. The highest BCUT2D eigenvalue weighted by Crippen LogP contribution is 2.27. The van der Waals surface area contributed by atoms with Crippen LogP contribution in [0.5, 0.6) is 11.5 Å². The van der Waals surface area contributed by atoms with Crippen molar-refractivity contribution < 1.29 is 4.74 Å². The second kappa shape index (κ2) is 7.78. The molecule has 0 aliphatic heterocycles. The summed E-state index contributed by atoms with van der Waals surface area (Å²) in [6.07, 6.45) is 3.38. The Bertz CT molecular complexity index is 605. The molecule has 1 aromatic carbocycles. The van der Waals surface area contributed by atoms with Gasteiger partial charge >= 0.3 is 0 Å². The normalized spacial score (nSPS) is 10.9. The predicted octanol–water partition coefficient (Wildman–Crippen LogP) is 5.04. The molecule has 0 saturated heterocycles. The van der Waals surface area contributed by atoms with E-state index in [1.54, 1.807) is 12.4 Å². The number of halogens is 2. The first-order valence-corrected chi connectivity index (χ1v) is 7.99. The summed E-state index contributed by atoms with van der Waals surface area (Å²) in [6, 6.07) is 7.59. The van der Waals surface area contributed by atoms with Gasteiger partial charge in [0.15, 0.2) is 0 Å². The summed E-state index contributed by atoms with van der Waals surface area (Å²) < 4.78 is 6.62. The third-order valence-corrected chi connectivity index (χ3v) is 3.59. The van der Waals surface area contributed by atoms with Crippen LogP contribution in [0, 0.1) is 5.92 Å². The third-order valence-electron chi connectivity index (χ3n) is 2.81. The Kier molecular flexibility index (Phi) is 6.03. The van der Waals surface area contributed by atoms with Gasteiger partial charge in [0.1, 0.15) is 11.5 Å². The van der Waals surface area contributed by atoms with E-state index in [0.29, 0.717) is 22.4 Å². The van der Waals surface area contributed by atoms with Gasteiger partial charge in [0.05, 0.1) is 6.20 Å². The van der Waals surface area contributed by atoms with E-state index in [0.717, 1.165) is 23.1 Å². The maximum atomic E-state index is 6.30. The molecule has 0 unspecified atom stereocenters. The van der Waals surface area contributed by atoms with Crippen molar-refractivity contribution >= 4 is 27.5 Å². The van der Waals surface area contributed by atoms with Crippen LogP contribution in [0.4, 0.5) is 0 Å². The molecule has 1 aromatic heterocycles. The lowest BCUT2D eigenvalue weighted by molar-refractivity contribution is 0.479. The Hall–Kier alpha value is -1.10. The van der Waals surface area contributed by atoms with Gasteiger partial charge < -0.3 is 10.1 Å². The Morgan fingerprint density at radius 3 is 2.71 bits per heavy atom. The van der Waals surface area contributed by atoms with Crippen molar-refractivity contribution in [2.45, 2.75) is 20.4 Å². The topological polar surface area (TPSA) is 34.1 Å². The summed E-state index contributed by atoms with van der Waals surface area (Å²) in [6.45, 7) is 6.09. The molecule has 2 aromatic rings. The van der Waals surface area contributed by atoms with Crippen LogP contribution >= 0.6 is 27.5 Å². The molecule has 3 nitrogen and oxygen atoms in total. The molecule has 0 bridgehead atoms. The number of benzene rings is 1. The van der Waals surface area contributed by atoms with Crippen LogP contribution in [0.15, 0.2) is 41.1 Å². The Labute approximate surface area is 138 Å². The van der Waals surface area contributed by atoms with Gasteiger partial charge in [-0.2, -0.15) is 0 Å². The number of nitrogens with zero attached hydrogens (tertiary/aromatic N) is 1. The number of ether oxygens (including phenoxy) is 1. The van der Waals surface area contributed by atoms with Crippen LogP contribution in [-0.4, -0.2) is 11.5 Å². The monoisotopic (exact) mass is 368 g/mol. The molecule has 1 heterocycles. The van der Waals surface area contributed by atoms with E-state index in [1.165, 1.54) is 0 Å². The molecular weight excluding hydrogens is 352 g/mol. The van der Waals surface area contributed by atoms with Crippen LogP contribution in [-0.2, 0) is 6.54 Å². The highest BCUT2D eigenvalue weighted by atomic mass is 79.9. The third kappa shape index (κ3) is 5.30. The van der Waals surface area contributed by atoms with Gasteiger partial charge in [-0.1, -0.05) is 31.5 Å². The summed E-state index contributed by atoms with van der Waals surface area (Å²) >= 11 is 9.66. The Balaban J connectivity index is 2.01. The minimum absolute atomic E-state index is 0.621. The van der Waals surface area contributed by atoms with Crippen LogP contribution < -0.4 is 10.1 Å². The highest BCUT2D eigenvalue weighted by Gasteiger charge is 2.05. The van der Waals surface area contributed by atoms with Crippen molar-refractivity contribution in [2.75, 3.05) is 6.54 Å². The van der Waals surface area contributed by atoms with E-state index in [1.807, 2.05) is 24.3 Å². The van der Waals surface area contributed by atoms with Crippen molar-refractivity contribution in [2.24, 2.45) is 5.92 Å². The predicted molar refractivity (Wildman–Crippen MR) is 90.0 cm³/mol. The van der Waals surface area contributed by atoms with Crippen molar-refractivity contribution in [1.29, 1.82) is 0 Å². The zero-order chi connectivity index (χ0) is 15.2. The van der Waals surface area contributed by atoms with Gasteiger partial charge in [-0.3, -0.25) is 4.98 Å². The lowest BCUT2D eigenvalue weighted by Crippen LogP contribution is -2.19. The zero-order valence-electron chi connectivity index (χ0n) is 12.1. The highest BCUT2D eigenvalue weighted by molar-refractivity contribution is 9.10. The quantitative estimate of drug-likeness (QED) is 0.775. The first-order valence-electron chi connectivity index (χ1n) is 6.82. The Morgan fingerprint density at radius 2 is 2.05 bits per heavy atom. The van der Waals surface area contributed by atoms with Crippen LogP contribution in [0.25, 0.3) is 0 Å². The van der Waals surface area contributed by atoms with E-state index in [2.05, 4.69) is 40.1 Å². The first kappa shape index (κ1) is 16.3. The van der Waals surface area contributed by atoms with E-state index < -0.39 is 0 Å². The molecule has 0 aliphatic carbocycles. The summed E-state index contributed by atoms with van der Waals surface area (Å²) in [5, 5.41) is 4.08. The molecule has 0 atom stereocenters. The number of nitrogens with one attached hydrogen (secondary N) is 1. The maximum absolute atomic E-state index is 6.30. The van der Waals surface area contributed by atoms with Crippen molar-refractivity contribution in [1.82, 2.24) is 10.3 Å². The van der Waals surface area contributed by atoms with Crippen LogP contribution in [0.1, 0.15) is 19.4 Å². The number of rotatable bonds is 6. The van der Waals surface area contributed by atoms with Gasteiger partial charge in [-0.25, -0.2) is 0 Å². The van der Waals surface area contributed by atoms with E-state index in [4.69, 9.17) is 16.3 Å². The SMILES string of the molecule is CC(C)CNCc1ccc(Oc2cncc(Br)c2)cc1Cl. The minimum atomic E-state index is 0.621. The largest absolute Gasteiger partial charge is 0.456 e. The van der Waals surface area contributed by atoms with Gasteiger partial charge in [-0.05, 0) is 52.2 Å². The van der Waals surface area contributed by atoms with Gasteiger partial charge in [0.2, 0.25) is 0 Å². The van der Waals surface area contributed by atoms with Crippen LogP contribution in [0.3, 0.4) is 0 Å². The second-order valence-electron chi connectivity index (χ2n) is 5.22. The summed E-state index contributed by atoms with van der Waals surface area (Å²) in [4.78, 5) is 4.06. The molecule has 21 heavy (non-hydrogen) atoms. The van der Waals surface area contributed by atoms with Gasteiger partial charge in [0.25, 0.3) is 0 Å². The molecule has 0 radical (unpaired) electrons. The molecule has 0 aliphatic rings. The molecule has 0 saturated carbocycles. The summed E-state index contributed by atoms with van der Waals surface area (Å²) in [5.74, 6) is 1.99. The molecular formula is C16H18BrClN2O. The molecule has 2 rings (SSSR count). The molecule has 0 fully saturated rings. The molecule has 1 N–H and O–H groups in total. The van der Waals surface area contributed by atoms with Gasteiger partial charge in [0, 0.05) is 22.2 Å². The minimum Gasteiger partial charge on any atom is -0.456 e. The summed E-state index contributed by atoms with van der Waals surface area (Å²) in [5.41, 5.74) is 1.07.